The second-order valence-electron chi connectivity index (χ2n) is 3.92. The molecule has 0 saturated heterocycles. The van der Waals surface area contributed by atoms with Gasteiger partial charge in [0.2, 0.25) is 0 Å². The molecule has 6 nitrogen and oxygen atoms in total. The molecule has 0 fully saturated rings. The normalized spacial score (nSPS) is 10.3. The van der Waals surface area contributed by atoms with Gasteiger partial charge in [-0.05, 0) is 37.7 Å². The number of rotatable bonds is 4. The molecule has 0 saturated carbocycles. The first kappa shape index (κ1) is 14.3. The van der Waals surface area contributed by atoms with E-state index in [2.05, 4.69) is 15.0 Å². The first-order valence-corrected chi connectivity index (χ1v) is 6.82. The van der Waals surface area contributed by atoms with Crippen molar-refractivity contribution in [3.63, 3.8) is 0 Å². The van der Waals surface area contributed by atoms with E-state index >= 15 is 0 Å². The van der Waals surface area contributed by atoms with Crippen LogP contribution in [0, 0.1) is 6.92 Å². The molecule has 104 valence electrons. The molecule has 0 unspecified atom stereocenters. The van der Waals surface area contributed by atoms with Gasteiger partial charge in [-0.1, -0.05) is 0 Å². The molecule has 0 aliphatic carbocycles. The van der Waals surface area contributed by atoms with Crippen LogP contribution in [0.5, 0.6) is 0 Å². The predicted molar refractivity (Wildman–Crippen MR) is 75.5 cm³/mol. The number of hydrogen-bond donors (Lipinski definition) is 1. The molecule has 0 radical (unpaired) electrons. The van der Waals surface area contributed by atoms with Crippen LogP contribution in [0.25, 0.3) is 0 Å². The highest BCUT2D eigenvalue weighted by Gasteiger charge is 2.16. The highest BCUT2D eigenvalue weighted by atomic mass is 32.2. The molecule has 0 aliphatic rings. The molecule has 0 spiro atoms. The number of carbonyl (C=O) groups excluding carboxylic acids is 1. The summed E-state index contributed by atoms with van der Waals surface area (Å²) in [6.07, 6.45) is 3.15. The van der Waals surface area contributed by atoms with Gasteiger partial charge in [-0.3, -0.25) is 0 Å². The minimum atomic E-state index is -0.456. The van der Waals surface area contributed by atoms with Crippen LogP contribution in [0.1, 0.15) is 23.0 Å². The Morgan fingerprint density at radius 3 is 2.95 bits per heavy atom. The summed E-state index contributed by atoms with van der Waals surface area (Å²) in [5.41, 5.74) is 7.24. The summed E-state index contributed by atoms with van der Waals surface area (Å²) < 4.78 is 5.00. The van der Waals surface area contributed by atoms with Crippen molar-refractivity contribution in [2.24, 2.45) is 0 Å². The van der Waals surface area contributed by atoms with Crippen molar-refractivity contribution in [1.82, 2.24) is 15.0 Å². The number of aromatic nitrogens is 3. The molecule has 2 heterocycles. The lowest BCUT2D eigenvalue weighted by molar-refractivity contribution is 0.0521. The number of anilines is 1. The molecule has 0 amide bonds. The van der Waals surface area contributed by atoms with E-state index in [1.54, 1.807) is 25.3 Å². The van der Waals surface area contributed by atoms with Crippen LogP contribution < -0.4 is 5.73 Å². The van der Waals surface area contributed by atoms with E-state index < -0.39 is 5.97 Å². The first-order chi connectivity index (χ1) is 9.60. The Bertz CT molecular complexity index is 634. The second-order valence-corrected chi connectivity index (χ2v) is 4.88. The highest BCUT2D eigenvalue weighted by molar-refractivity contribution is 7.99. The van der Waals surface area contributed by atoms with Crippen LogP contribution >= 0.6 is 11.8 Å². The lowest BCUT2D eigenvalue weighted by atomic mass is 10.3. The van der Waals surface area contributed by atoms with Crippen molar-refractivity contribution in [2.75, 3.05) is 12.3 Å². The Morgan fingerprint density at radius 1 is 1.45 bits per heavy atom. The van der Waals surface area contributed by atoms with Crippen molar-refractivity contribution in [3.05, 3.63) is 35.8 Å². The van der Waals surface area contributed by atoms with E-state index in [1.807, 2.05) is 6.92 Å². The van der Waals surface area contributed by atoms with Crippen LogP contribution in [0.3, 0.4) is 0 Å². The molecule has 2 aromatic rings. The second kappa shape index (κ2) is 6.33. The molecule has 0 atom stereocenters. The molecule has 2 rings (SSSR count). The summed E-state index contributed by atoms with van der Waals surface area (Å²) in [6.45, 7) is 3.90. The number of nitrogens with zero attached hydrogens (tertiary/aromatic N) is 3. The standard InChI is InChI=1S/C13H14N4O2S/c1-3-19-12(18)10-6-9(14)7-16-11(10)20-13-15-5-4-8(2)17-13/h4-7H,3,14H2,1-2H3. The Balaban J connectivity index is 2.33. The quantitative estimate of drug-likeness (QED) is 0.681. The fourth-order valence-electron chi connectivity index (χ4n) is 1.47. The third-order valence-corrected chi connectivity index (χ3v) is 3.23. The van der Waals surface area contributed by atoms with Gasteiger partial charge >= 0.3 is 5.97 Å². The number of pyridine rings is 1. The van der Waals surface area contributed by atoms with Gasteiger partial charge < -0.3 is 10.5 Å². The van der Waals surface area contributed by atoms with Crippen LogP contribution in [-0.4, -0.2) is 27.5 Å². The van der Waals surface area contributed by atoms with E-state index in [0.717, 1.165) is 5.69 Å². The molecule has 20 heavy (non-hydrogen) atoms. The molecule has 0 aliphatic heterocycles. The van der Waals surface area contributed by atoms with Crippen molar-refractivity contribution >= 4 is 23.4 Å². The SMILES string of the molecule is CCOC(=O)c1cc(N)cnc1Sc1nccc(C)n1. The summed E-state index contributed by atoms with van der Waals surface area (Å²) in [4.78, 5) is 24.5. The number of aryl methyl sites for hydroxylation is 1. The predicted octanol–water partition coefficient (Wildman–Crippen LogP) is 2.09. The van der Waals surface area contributed by atoms with E-state index in [1.165, 1.54) is 18.0 Å². The Labute approximate surface area is 120 Å². The average Bonchev–Trinajstić information content (AvgIpc) is 2.41. The minimum absolute atomic E-state index is 0.290. The van der Waals surface area contributed by atoms with Crippen molar-refractivity contribution < 1.29 is 9.53 Å². The fraction of sp³-hybridized carbons (Fsp3) is 0.231. The maximum Gasteiger partial charge on any atom is 0.340 e. The summed E-state index contributed by atoms with van der Waals surface area (Å²) in [5.74, 6) is -0.456. The van der Waals surface area contributed by atoms with Gasteiger partial charge in [0.1, 0.15) is 5.03 Å². The van der Waals surface area contributed by atoms with Gasteiger partial charge in [-0.25, -0.2) is 19.7 Å². The van der Waals surface area contributed by atoms with Crippen LogP contribution in [0.15, 0.2) is 34.7 Å². The molecular formula is C13H14N4O2S. The average molecular weight is 290 g/mol. The number of hydrogen-bond acceptors (Lipinski definition) is 7. The Morgan fingerprint density at radius 2 is 2.25 bits per heavy atom. The van der Waals surface area contributed by atoms with Gasteiger partial charge in [-0.15, -0.1) is 0 Å². The smallest absolute Gasteiger partial charge is 0.340 e. The van der Waals surface area contributed by atoms with Crippen LogP contribution in [-0.2, 0) is 4.74 Å². The summed E-state index contributed by atoms with van der Waals surface area (Å²) in [5, 5.41) is 0.996. The number of nitrogen functional groups attached to an aromatic ring is 1. The molecular weight excluding hydrogens is 276 g/mol. The zero-order valence-corrected chi connectivity index (χ0v) is 12.0. The van der Waals surface area contributed by atoms with Gasteiger partial charge in [0.05, 0.1) is 24.1 Å². The van der Waals surface area contributed by atoms with E-state index in [4.69, 9.17) is 10.5 Å². The maximum atomic E-state index is 11.9. The van der Waals surface area contributed by atoms with Crippen molar-refractivity contribution in [1.29, 1.82) is 0 Å². The van der Waals surface area contributed by atoms with Crippen molar-refractivity contribution in [3.8, 4) is 0 Å². The lowest BCUT2D eigenvalue weighted by Gasteiger charge is -2.07. The summed E-state index contributed by atoms with van der Waals surface area (Å²) >= 11 is 1.20. The fourth-order valence-corrected chi connectivity index (χ4v) is 2.30. The molecule has 2 N–H and O–H groups in total. The van der Waals surface area contributed by atoms with Gasteiger partial charge in [0.25, 0.3) is 0 Å². The zero-order valence-electron chi connectivity index (χ0n) is 11.2. The van der Waals surface area contributed by atoms with Crippen LogP contribution in [0.2, 0.25) is 0 Å². The number of carbonyl (C=O) groups is 1. The third-order valence-electron chi connectivity index (χ3n) is 2.33. The molecule has 2 aromatic heterocycles. The number of nitrogens with two attached hydrogens (primary N) is 1. The van der Waals surface area contributed by atoms with Gasteiger partial charge in [0, 0.05) is 11.9 Å². The minimum Gasteiger partial charge on any atom is -0.462 e. The zero-order chi connectivity index (χ0) is 14.5. The maximum absolute atomic E-state index is 11.9. The number of ether oxygens (including phenoxy) is 1. The van der Waals surface area contributed by atoms with Gasteiger partial charge in [0.15, 0.2) is 5.16 Å². The molecule has 0 aromatic carbocycles. The van der Waals surface area contributed by atoms with Crippen LogP contribution in [0.4, 0.5) is 5.69 Å². The first-order valence-electron chi connectivity index (χ1n) is 6.00. The van der Waals surface area contributed by atoms with E-state index in [-0.39, 0.29) is 0 Å². The lowest BCUT2D eigenvalue weighted by Crippen LogP contribution is -2.08. The summed E-state index contributed by atoms with van der Waals surface area (Å²) in [7, 11) is 0. The highest BCUT2D eigenvalue weighted by Crippen LogP contribution is 2.27. The number of esters is 1. The monoisotopic (exact) mass is 290 g/mol. The van der Waals surface area contributed by atoms with E-state index in [9.17, 15) is 4.79 Å². The summed E-state index contributed by atoms with van der Waals surface area (Å²) in [6, 6.07) is 3.34. The molecule has 7 heteroatoms. The van der Waals surface area contributed by atoms with Crippen molar-refractivity contribution in [2.45, 2.75) is 24.0 Å². The largest absolute Gasteiger partial charge is 0.462 e. The Kier molecular flexibility index (Phi) is 4.52. The molecule has 0 bridgehead atoms. The third kappa shape index (κ3) is 3.45. The topological polar surface area (TPSA) is 91.0 Å². The van der Waals surface area contributed by atoms with E-state index in [0.29, 0.717) is 28.0 Å². The Hall–Kier alpha value is -2.15. The van der Waals surface area contributed by atoms with Gasteiger partial charge in [-0.2, -0.15) is 0 Å².